The van der Waals surface area contributed by atoms with E-state index < -0.39 is 0 Å². The van der Waals surface area contributed by atoms with Crippen LogP contribution in [-0.2, 0) is 4.79 Å². The van der Waals surface area contributed by atoms with Gasteiger partial charge in [-0.1, -0.05) is 13.8 Å². The van der Waals surface area contributed by atoms with Gasteiger partial charge in [0.15, 0.2) is 5.78 Å². The summed E-state index contributed by atoms with van der Waals surface area (Å²) in [4.78, 5) is 11.9. The largest absolute Gasteiger partial charge is 0.401 e. The monoisotopic (exact) mass is 196 g/mol. The molecule has 3 nitrogen and oxygen atoms in total. The van der Waals surface area contributed by atoms with Crippen LogP contribution in [0.1, 0.15) is 26.7 Å². The van der Waals surface area contributed by atoms with Gasteiger partial charge < -0.3 is 5.73 Å². The van der Waals surface area contributed by atoms with Crippen LogP contribution in [0.5, 0.6) is 0 Å². The first kappa shape index (κ1) is 10.1. The summed E-state index contributed by atoms with van der Waals surface area (Å²) < 4.78 is 0. The molecule has 0 aromatic carbocycles. The van der Waals surface area contributed by atoms with E-state index >= 15 is 0 Å². The Morgan fingerprint density at radius 2 is 2.15 bits per heavy atom. The number of thioether (sulfide) groups is 1. The van der Waals surface area contributed by atoms with E-state index in [2.05, 4.69) is 0 Å². The Labute approximate surface area is 82.0 Å². The summed E-state index contributed by atoms with van der Waals surface area (Å²) in [5.74, 6) is 0.000278. The highest BCUT2D eigenvalue weighted by Gasteiger charge is 2.31. The number of nitrogens with zero attached hydrogens (tertiary/aromatic N) is 1. The fourth-order valence-corrected chi connectivity index (χ4v) is 2.00. The molecule has 0 saturated heterocycles. The lowest BCUT2D eigenvalue weighted by Gasteiger charge is -2.29. The molecule has 4 heteroatoms. The predicted octanol–water partition coefficient (Wildman–Crippen LogP) is 1.76. The zero-order valence-electron chi connectivity index (χ0n) is 7.76. The number of Topliss-reactive ketones (excluding diaryl/α,β-unsaturated/α-hetero) is 1. The lowest BCUT2D eigenvalue weighted by molar-refractivity contribution is -0.117. The second kappa shape index (κ2) is 3.43. The molecule has 0 spiro atoms. The van der Waals surface area contributed by atoms with Crippen molar-refractivity contribution in [3.8, 4) is 5.40 Å². The van der Waals surface area contributed by atoms with Crippen LogP contribution in [-0.4, -0.2) is 5.78 Å². The van der Waals surface area contributed by atoms with Gasteiger partial charge in [-0.3, -0.25) is 4.79 Å². The maximum absolute atomic E-state index is 11.5. The van der Waals surface area contributed by atoms with E-state index in [1.807, 2.05) is 19.2 Å². The number of nitrogens with two attached hydrogens (primary N) is 1. The molecule has 0 amide bonds. The SMILES string of the molecule is CC1(C)CC(=O)C(SC#N)=C(N)C1. The fourth-order valence-electron chi connectivity index (χ4n) is 1.52. The molecule has 1 rings (SSSR count). The molecule has 0 heterocycles. The number of rotatable bonds is 1. The van der Waals surface area contributed by atoms with E-state index in [0.29, 0.717) is 23.4 Å². The van der Waals surface area contributed by atoms with E-state index in [1.165, 1.54) is 0 Å². The van der Waals surface area contributed by atoms with Crippen LogP contribution in [0.15, 0.2) is 10.6 Å². The summed E-state index contributed by atoms with van der Waals surface area (Å²) in [6.45, 7) is 4.01. The lowest BCUT2D eigenvalue weighted by Crippen LogP contribution is -2.27. The Bertz CT molecular complexity index is 312. The molecule has 1 aliphatic carbocycles. The molecule has 0 aromatic heterocycles. The zero-order valence-corrected chi connectivity index (χ0v) is 8.57. The van der Waals surface area contributed by atoms with Gasteiger partial charge in [-0.25, -0.2) is 0 Å². The molecule has 0 saturated carbocycles. The summed E-state index contributed by atoms with van der Waals surface area (Å²) in [7, 11) is 0. The number of carbonyl (C=O) groups is 1. The van der Waals surface area contributed by atoms with Crippen LogP contribution in [0.3, 0.4) is 0 Å². The number of allylic oxidation sites excluding steroid dienone is 2. The van der Waals surface area contributed by atoms with E-state index in [1.54, 1.807) is 0 Å². The normalized spacial score (nSPS) is 21.5. The average Bonchev–Trinajstić information content (AvgIpc) is 1.94. The molecule has 0 unspecified atom stereocenters. The van der Waals surface area contributed by atoms with Crippen molar-refractivity contribution in [2.45, 2.75) is 26.7 Å². The summed E-state index contributed by atoms with van der Waals surface area (Å²) in [6.07, 6.45) is 1.18. The highest BCUT2D eigenvalue weighted by Crippen LogP contribution is 2.38. The van der Waals surface area contributed by atoms with Crippen LogP contribution in [0.25, 0.3) is 0 Å². The van der Waals surface area contributed by atoms with Gasteiger partial charge in [0.25, 0.3) is 0 Å². The van der Waals surface area contributed by atoms with E-state index in [4.69, 9.17) is 11.0 Å². The van der Waals surface area contributed by atoms with Crippen molar-refractivity contribution in [1.29, 1.82) is 5.26 Å². The van der Waals surface area contributed by atoms with Gasteiger partial charge in [0, 0.05) is 12.1 Å². The second-order valence-electron chi connectivity index (χ2n) is 3.99. The first-order valence-electron chi connectivity index (χ1n) is 4.04. The van der Waals surface area contributed by atoms with Gasteiger partial charge in [-0.05, 0) is 23.6 Å². The number of hydrogen-bond donors (Lipinski definition) is 1. The van der Waals surface area contributed by atoms with Gasteiger partial charge in [0.1, 0.15) is 5.40 Å². The van der Waals surface area contributed by atoms with E-state index in [-0.39, 0.29) is 11.2 Å². The Balaban J connectivity index is 2.96. The minimum absolute atomic E-state index is 0.000278. The van der Waals surface area contributed by atoms with Crippen LogP contribution in [0.4, 0.5) is 0 Å². The van der Waals surface area contributed by atoms with Gasteiger partial charge in [-0.2, -0.15) is 5.26 Å². The van der Waals surface area contributed by atoms with E-state index in [9.17, 15) is 4.79 Å². The Kier molecular flexibility index (Phi) is 2.67. The maximum Gasteiger partial charge on any atom is 0.172 e. The Hall–Kier alpha value is -0.950. The van der Waals surface area contributed by atoms with Crippen LogP contribution >= 0.6 is 11.8 Å². The van der Waals surface area contributed by atoms with Crippen molar-refractivity contribution < 1.29 is 4.79 Å². The highest BCUT2D eigenvalue weighted by molar-refractivity contribution is 8.08. The molecular formula is C9H12N2OS. The van der Waals surface area contributed by atoms with Crippen molar-refractivity contribution in [1.82, 2.24) is 0 Å². The van der Waals surface area contributed by atoms with Gasteiger partial charge >= 0.3 is 0 Å². The molecule has 0 atom stereocenters. The summed E-state index contributed by atoms with van der Waals surface area (Å²) in [5, 5.41) is 10.3. The number of thiocyanates is 1. The van der Waals surface area contributed by atoms with Crippen LogP contribution in [0, 0.1) is 16.1 Å². The smallest absolute Gasteiger partial charge is 0.172 e. The van der Waals surface area contributed by atoms with Crippen molar-refractivity contribution >= 4 is 17.5 Å². The Morgan fingerprint density at radius 1 is 1.54 bits per heavy atom. The van der Waals surface area contributed by atoms with Crippen LogP contribution < -0.4 is 5.73 Å². The second-order valence-corrected chi connectivity index (χ2v) is 4.78. The molecule has 70 valence electrons. The number of nitriles is 1. The third kappa shape index (κ3) is 2.25. The summed E-state index contributed by atoms with van der Waals surface area (Å²) in [5.41, 5.74) is 6.23. The Morgan fingerprint density at radius 3 is 2.62 bits per heavy atom. The molecule has 13 heavy (non-hydrogen) atoms. The molecular weight excluding hydrogens is 184 g/mol. The molecule has 0 aromatic rings. The van der Waals surface area contributed by atoms with Crippen molar-refractivity contribution in [2.75, 3.05) is 0 Å². The predicted molar refractivity (Wildman–Crippen MR) is 52.4 cm³/mol. The average molecular weight is 196 g/mol. The maximum atomic E-state index is 11.5. The minimum atomic E-state index is -0.0549. The molecule has 0 aliphatic heterocycles. The molecule has 0 fully saturated rings. The van der Waals surface area contributed by atoms with Gasteiger partial charge in [0.2, 0.25) is 0 Å². The summed E-state index contributed by atoms with van der Waals surface area (Å²) in [6, 6.07) is 0. The molecule has 1 aliphatic rings. The first-order valence-corrected chi connectivity index (χ1v) is 4.86. The molecule has 0 bridgehead atoms. The topological polar surface area (TPSA) is 66.9 Å². The molecule has 2 N–H and O–H groups in total. The fraction of sp³-hybridized carbons (Fsp3) is 0.556. The number of carbonyl (C=O) groups excluding carboxylic acids is 1. The van der Waals surface area contributed by atoms with Crippen LogP contribution in [0.2, 0.25) is 0 Å². The third-order valence-electron chi connectivity index (χ3n) is 2.00. The zero-order chi connectivity index (χ0) is 10.1. The van der Waals surface area contributed by atoms with Crippen molar-refractivity contribution in [3.05, 3.63) is 10.6 Å². The number of hydrogen-bond acceptors (Lipinski definition) is 4. The summed E-state index contributed by atoms with van der Waals surface area (Å²) >= 11 is 0.880. The standard InChI is InChI=1S/C9H12N2OS/c1-9(2)3-6(11)8(13-5-10)7(12)4-9/h3-4,11H2,1-2H3. The molecule has 0 radical (unpaired) electrons. The van der Waals surface area contributed by atoms with Crippen molar-refractivity contribution in [3.63, 3.8) is 0 Å². The van der Waals surface area contributed by atoms with Gasteiger partial charge in [0.05, 0.1) is 4.91 Å². The quantitative estimate of drug-likeness (QED) is 0.649. The lowest BCUT2D eigenvalue weighted by atomic mass is 9.79. The number of ketones is 1. The van der Waals surface area contributed by atoms with E-state index in [0.717, 1.165) is 11.8 Å². The first-order chi connectivity index (χ1) is 5.96. The van der Waals surface area contributed by atoms with Gasteiger partial charge in [-0.15, -0.1) is 0 Å². The minimum Gasteiger partial charge on any atom is -0.401 e. The van der Waals surface area contributed by atoms with Crippen molar-refractivity contribution in [2.24, 2.45) is 11.1 Å². The third-order valence-corrected chi connectivity index (χ3v) is 2.79. The highest BCUT2D eigenvalue weighted by atomic mass is 32.2.